The van der Waals surface area contributed by atoms with Crippen molar-refractivity contribution in [2.75, 3.05) is 0 Å². The molecule has 0 atom stereocenters. The Morgan fingerprint density at radius 3 is 2.27 bits per heavy atom. The summed E-state index contributed by atoms with van der Waals surface area (Å²) in [6.45, 7) is 5.88. The molecule has 0 saturated heterocycles. The number of carbonyl (C=O) groups excluding carboxylic acids is 2. The van der Waals surface area contributed by atoms with E-state index in [1.807, 2.05) is 20.8 Å². The average molecular weight is 208 g/mol. The van der Waals surface area contributed by atoms with Crippen molar-refractivity contribution < 1.29 is 9.59 Å². The molecule has 1 aliphatic carbocycles. The van der Waals surface area contributed by atoms with Gasteiger partial charge < -0.3 is 0 Å². The molecule has 0 bridgehead atoms. The highest BCUT2D eigenvalue weighted by atomic mass is 16.2. The van der Waals surface area contributed by atoms with Crippen LogP contribution in [0.15, 0.2) is 11.6 Å². The van der Waals surface area contributed by atoms with Gasteiger partial charge in [0.15, 0.2) is 0 Å². The molecular weight excluding hydrogens is 188 g/mol. The third kappa shape index (κ3) is 2.77. The second kappa shape index (κ2) is 4.73. The fraction of sp³-hybridized carbons (Fsp3) is 0.692. The first kappa shape index (κ1) is 12.2. The van der Waals surface area contributed by atoms with Crippen LogP contribution in [0.5, 0.6) is 0 Å². The molecule has 84 valence electrons. The fourth-order valence-electron chi connectivity index (χ4n) is 2.05. The van der Waals surface area contributed by atoms with E-state index in [9.17, 15) is 9.59 Å². The van der Waals surface area contributed by atoms with E-state index in [0.29, 0.717) is 19.3 Å². The number of hydrogen-bond acceptors (Lipinski definition) is 2. The fourth-order valence-corrected chi connectivity index (χ4v) is 2.05. The van der Waals surface area contributed by atoms with Crippen molar-refractivity contribution in [2.24, 2.45) is 5.41 Å². The molecule has 0 aliphatic heterocycles. The van der Waals surface area contributed by atoms with E-state index in [1.165, 1.54) is 5.57 Å². The molecule has 1 aliphatic rings. The van der Waals surface area contributed by atoms with E-state index in [-0.39, 0.29) is 11.6 Å². The standard InChI is InChI=1S/C13H20O2/c1-10(2)6-5-9-13(3)11(14)7-4-8-12(13)15/h6H,4-5,7-9H2,1-3H3. The number of hydrogen-bond donors (Lipinski definition) is 0. The van der Waals surface area contributed by atoms with E-state index in [1.54, 1.807) is 0 Å². The molecule has 0 heterocycles. The summed E-state index contributed by atoms with van der Waals surface area (Å²) in [5.41, 5.74) is 0.554. The molecule has 0 unspecified atom stereocenters. The lowest BCUT2D eigenvalue weighted by Gasteiger charge is -2.30. The van der Waals surface area contributed by atoms with Gasteiger partial charge in [-0.15, -0.1) is 0 Å². The lowest BCUT2D eigenvalue weighted by atomic mass is 9.70. The van der Waals surface area contributed by atoms with Gasteiger partial charge in [-0.05, 0) is 40.0 Å². The van der Waals surface area contributed by atoms with Crippen LogP contribution in [0.3, 0.4) is 0 Å². The van der Waals surface area contributed by atoms with Gasteiger partial charge in [-0.3, -0.25) is 9.59 Å². The van der Waals surface area contributed by atoms with Gasteiger partial charge in [-0.1, -0.05) is 11.6 Å². The van der Waals surface area contributed by atoms with Gasteiger partial charge in [-0.2, -0.15) is 0 Å². The van der Waals surface area contributed by atoms with Crippen molar-refractivity contribution >= 4 is 11.6 Å². The number of carbonyl (C=O) groups is 2. The second-order valence-electron chi connectivity index (χ2n) is 4.85. The minimum Gasteiger partial charge on any atom is -0.299 e. The van der Waals surface area contributed by atoms with Crippen LogP contribution in [-0.4, -0.2) is 11.6 Å². The van der Waals surface area contributed by atoms with Gasteiger partial charge in [0.05, 0.1) is 5.41 Å². The predicted molar refractivity (Wildman–Crippen MR) is 60.6 cm³/mol. The summed E-state index contributed by atoms with van der Waals surface area (Å²) in [6.07, 6.45) is 5.51. The summed E-state index contributed by atoms with van der Waals surface area (Å²) in [4.78, 5) is 23.5. The summed E-state index contributed by atoms with van der Waals surface area (Å²) in [6, 6.07) is 0. The second-order valence-corrected chi connectivity index (χ2v) is 4.85. The zero-order valence-corrected chi connectivity index (χ0v) is 9.93. The Kier molecular flexibility index (Phi) is 3.83. The van der Waals surface area contributed by atoms with Crippen LogP contribution >= 0.6 is 0 Å². The maximum atomic E-state index is 11.8. The number of ketones is 2. The van der Waals surface area contributed by atoms with Crippen LogP contribution in [0, 0.1) is 5.41 Å². The Morgan fingerprint density at radius 1 is 1.27 bits per heavy atom. The van der Waals surface area contributed by atoms with Crippen molar-refractivity contribution in [3.63, 3.8) is 0 Å². The van der Waals surface area contributed by atoms with Gasteiger partial charge in [-0.25, -0.2) is 0 Å². The molecule has 2 heteroatoms. The molecule has 0 radical (unpaired) electrons. The van der Waals surface area contributed by atoms with Crippen LogP contribution in [-0.2, 0) is 9.59 Å². The third-order valence-corrected chi connectivity index (χ3v) is 3.24. The van der Waals surface area contributed by atoms with Crippen LogP contribution < -0.4 is 0 Å². The first-order valence-electron chi connectivity index (χ1n) is 5.67. The number of rotatable bonds is 3. The Bertz CT molecular complexity index is 280. The SMILES string of the molecule is CC(C)=CCCC1(C)C(=O)CCCC1=O. The summed E-state index contributed by atoms with van der Waals surface area (Å²) in [7, 11) is 0. The topological polar surface area (TPSA) is 34.1 Å². The molecule has 0 spiro atoms. The summed E-state index contributed by atoms with van der Waals surface area (Å²) in [5, 5.41) is 0. The van der Waals surface area contributed by atoms with Gasteiger partial charge >= 0.3 is 0 Å². The minimum absolute atomic E-state index is 0.140. The molecule has 1 fully saturated rings. The molecule has 0 aromatic carbocycles. The van der Waals surface area contributed by atoms with Crippen molar-refractivity contribution in [3.05, 3.63) is 11.6 Å². The molecule has 1 rings (SSSR count). The van der Waals surface area contributed by atoms with Gasteiger partial charge in [0.1, 0.15) is 11.6 Å². The van der Waals surface area contributed by atoms with Crippen LogP contribution in [0.1, 0.15) is 52.9 Å². The minimum atomic E-state index is -0.690. The van der Waals surface area contributed by atoms with Crippen molar-refractivity contribution in [2.45, 2.75) is 52.9 Å². The predicted octanol–water partition coefficient (Wildman–Crippen LogP) is 3.06. The highest BCUT2D eigenvalue weighted by Crippen LogP contribution is 2.34. The molecule has 2 nitrogen and oxygen atoms in total. The first-order valence-corrected chi connectivity index (χ1v) is 5.67. The molecular formula is C13H20O2. The lowest BCUT2D eigenvalue weighted by molar-refractivity contribution is -0.143. The Labute approximate surface area is 91.7 Å². The monoisotopic (exact) mass is 208 g/mol. The van der Waals surface area contributed by atoms with Crippen molar-refractivity contribution in [3.8, 4) is 0 Å². The molecule has 15 heavy (non-hydrogen) atoms. The van der Waals surface area contributed by atoms with Gasteiger partial charge in [0.2, 0.25) is 0 Å². The normalized spacial score (nSPS) is 20.2. The van der Waals surface area contributed by atoms with Crippen LogP contribution in [0.25, 0.3) is 0 Å². The van der Waals surface area contributed by atoms with E-state index >= 15 is 0 Å². The molecule has 0 amide bonds. The third-order valence-electron chi connectivity index (χ3n) is 3.24. The van der Waals surface area contributed by atoms with E-state index in [4.69, 9.17) is 0 Å². The quantitative estimate of drug-likeness (QED) is 0.527. The largest absolute Gasteiger partial charge is 0.299 e. The summed E-state index contributed by atoms with van der Waals surface area (Å²) < 4.78 is 0. The highest BCUT2D eigenvalue weighted by molar-refractivity contribution is 6.08. The van der Waals surface area contributed by atoms with E-state index in [2.05, 4.69) is 6.08 Å². The first-order chi connectivity index (χ1) is 6.97. The lowest BCUT2D eigenvalue weighted by Crippen LogP contribution is -2.39. The maximum absolute atomic E-state index is 11.8. The molecule has 0 N–H and O–H groups in total. The van der Waals surface area contributed by atoms with E-state index < -0.39 is 5.41 Å². The molecule has 0 aromatic heterocycles. The average Bonchev–Trinajstić information content (AvgIpc) is 2.14. The van der Waals surface area contributed by atoms with Crippen molar-refractivity contribution in [1.29, 1.82) is 0 Å². The van der Waals surface area contributed by atoms with Gasteiger partial charge in [0.25, 0.3) is 0 Å². The zero-order valence-electron chi connectivity index (χ0n) is 9.93. The Balaban J connectivity index is 2.66. The molecule has 0 aromatic rings. The Morgan fingerprint density at radius 2 is 1.80 bits per heavy atom. The highest BCUT2D eigenvalue weighted by Gasteiger charge is 2.41. The van der Waals surface area contributed by atoms with Gasteiger partial charge in [0, 0.05) is 12.8 Å². The van der Waals surface area contributed by atoms with E-state index in [0.717, 1.165) is 12.8 Å². The Hall–Kier alpha value is -0.920. The zero-order chi connectivity index (χ0) is 11.5. The number of allylic oxidation sites excluding steroid dienone is 2. The summed E-state index contributed by atoms with van der Waals surface area (Å²) in [5.74, 6) is 0.279. The summed E-state index contributed by atoms with van der Waals surface area (Å²) >= 11 is 0. The smallest absolute Gasteiger partial charge is 0.146 e. The number of Topliss-reactive ketones (excluding diaryl/α,β-unsaturated/α-hetero) is 2. The molecule has 1 saturated carbocycles. The maximum Gasteiger partial charge on any atom is 0.146 e. The van der Waals surface area contributed by atoms with Crippen LogP contribution in [0.2, 0.25) is 0 Å². The van der Waals surface area contributed by atoms with Crippen LogP contribution in [0.4, 0.5) is 0 Å². The van der Waals surface area contributed by atoms with Crippen molar-refractivity contribution in [1.82, 2.24) is 0 Å².